The van der Waals surface area contributed by atoms with Crippen molar-refractivity contribution < 1.29 is 14.3 Å². The highest BCUT2D eigenvalue weighted by molar-refractivity contribution is 6.30. The Morgan fingerprint density at radius 2 is 1.73 bits per heavy atom. The number of rotatable bonds is 6. The Morgan fingerprint density at radius 1 is 1.09 bits per heavy atom. The van der Waals surface area contributed by atoms with Gasteiger partial charge in [0.05, 0.1) is 0 Å². The van der Waals surface area contributed by atoms with Crippen LogP contribution in [-0.4, -0.2) is 18.4 Å². The topological polar surface area (TPSA) is 81.4 Å². The van der Waals surface area contributed by atoms with Gasteiger partial charge in [-0.25, -0.2) is 0 Å². The highest BCUT2D eigenvalue weighted by Gasteiger charge is 2.20. The van der Waals surface area contributed by atoms with Gasteiger partial charge in [0.1, 0.15) is 11.8 Å². The molecule has 0 radical (unpaired) electrons. The van der Waals surface area contributed by atoms with Gasteiger partial charge in [0.15, 0.2) is 6.61 Å². The van der Waals surface area contributed by atoms with Gasteiger partial charge < -0.3 is 15.8 Å². The van der Waals surface area contributed by atoms with E-state index in [4.69, 9.17) is 22.1 Å². The molecular weight excluding hydrogens is 304 g/mol. The van der Waals surface area contributed by atoms with Crippen LogP contribution in [0.2, 0.25) is 5.02 Å². The van der Waals surface area contributed by atoms with E-state index in [1.807, 2.05) is 6.07 Å². The molecule has 0 spiro atoms. The highest BCUT2D eigenvalue weighted by atomic mass is 35.5. The van der Waals surface area contributed by atoms with Crippen LogP contribution >= 0.6 is 11.6 Å². The summed E-state index contributed by atoms with van der Waals surface area (Å²) in [7, 11) is 0. The van der Waals surface area contributed by atoms with Gasteiger partial charge in [-0.15, -0.1) is 0 Å². The van der Waals surface area contributed by atoms with Gasteiger partial charge in [-0.1, -0.05) is 41.9 Å². The van der Waals surface area contributed by atoms with E-state index < -0.39 is 17.9 Å². The van der Waals surface area contributed by atoms with Crippen LogP contribution in [0.5, 0.6) is 5.75 Å². The molecule has 5 nitrogen and oxygen atoms in total. The van der Waals surface area contributed by atoms with Crippen molar-refractivity contribution in [2.75, 3.05) is 6.61 Å². The predicted molar refractivity (Wildman–Crippen MR) is 83.5 cm³/mol. The van der Waals surface area contributed by atoms with Crippen LogP contribution in [-0.2, 0) is 9.59 Å². The molecule has 0 aliphatic rings. The molecule has 114 valence electrons. The Kier molecular flexibility index (Phi) is 5.38. The van der Waals surface area contributed by atoms with E-state index in [2.05, 4.69) is 5.32 Å². The van der Waals surface area contributed by atoms with E-state index >= 15 is 0 Å². The maximum absolute atomic E-state index is 11.9. The quantitative estimate of drug-likeness (QED) is 0.855. The summed E-state index contributed by atoms with van der Waals surface area (Å²) in [5, 5.41) is 3.13. The van der Waals surface area contributed by atoms with Crippen molar-refractivity contribution in [1.29, 1.82) is 0 Å². The average Bonchev–Trinajstić information content (AvgIpc) is 2.52. The number of halogens is 1. The second-order valence-corrected chi connectivity index (χ2v) is 4.99. The fourth-order valence-electron chi connectivity index (χ4n) is 1.85. The first kappa shape index (κ1) is 15.9. The maximum Gasteiger partial charge on any atom is 0.258 e. The van der Waals surface area contributed by atoms with Gasteiger partial charge in [-0.05, 0) is 29.8 Å². The molecule has 0 aliphatic carbocycles. The van der Waals surface area contributed by atoms with E-state index in [0.717, 1.165) is 0 Å². The highest BCUT2D eigenvalue weighted by Crippen LogP contribution is 2.16. The van der Waals surface area contributed by atoms with Crippen LogP contribution in [0.3, 0.4) is 0 Å². The van der Waals surface area contributed by atoms with Gasteiger partial charge >= 0.3 is 0 Å². The number of hydrogen-bond acceptors (Lipinski definition) is 3. The fraction of sp³-hybridized carbons (Fsp3) is 0.125. The molecule has 2 amide bonds. The Hall–Kier alpha value is -2.53. The van der Waals surface area contributed by atoms with Crippen molar-refractivity contribution in [1.82, 2.24) is 5.32 Å². The third-order valence-corrected chi connectivity index (χ3v) is 3.16. The summed E-state index contributed by atoms with van der Waals surface area (Å²) >= 11 is 5.76. The van der Waals surface area contributed by atoms with Crippen LogP contribution in [0.25, 0.3) is 0 Å². The van der Waals surface area contributed by atoms with E-state index in [-0.39, 0.29) is 6.61 Å². The number of hydrogen-bond donors (Lipinski definition) is 2. The minimum atomic E-state index is -0.887. The third-order valence-electron chi connectivity index (χ3n) is 2.91. The zero-order chi connectivity index (χ0) is 15.9. The molecule has 2 aromatic rings. The molecule has 3 N–H and O–H groups in total. The number of nitrogens with one attached hydrogen (secondary N) is 1. The van der Waals surface area contributed by atoms with E-state index in [9.17, 15) is 9.59 Å². The number of nitrogens with two attached hydrogens (primary N) is 1. The summed E-state index contributed by atoms with van der Waals surface area (Å²) in [6, 6.07) is 14.5. The monoisotopic (exact) mass is 318 g/mol. The van der Waals surface area contributed by atoms with Crippen molar-refractivity contribution in [3.05, 3.63) is 65.2 Å². The number of carbonyl (C=O) groups excluding carboxylic acids is 2. The maximum atomic E-state index is 11.9. The molecule has 6 heteroatoms. The normalized spacial score (nSPS) is 11.5. The minimum absolute atomic E-state index is 0.224. The molecule has 0 aromatic heterocycles. The minimum Gasteiger partial charge on any atom is -0.484 e. The van der Waals surface area contributed by atoms with Crippen molar-refractivity contribution in [3.8, 4) is 5.75 Å². The van der Waals surface area contributed by atoms with Crippen molar-refractivity contribution in [2.45, 2.75) is 6.04 Å². The van der Waals surface area contributed by atoms with E-state index in [1.165, 1.54) is 0 Å². The van der Waals surface area contributed by atoms with Crippen LogP contribution in [0.4, 0.5) is 0 Å². The van der Waals surface area contributed by atoms with Gasteiger partial charge in [0, 0.05) is 5.02 Å². The zero-order valence-electron chi connectivity index (χ0n) is 11.7. The lowest BCUT2D eigenvalue weighted by Gasteiger charge is -2.16. The molecule has 0 aliphatic heterocycles. The Morgan fingerprint density at radius 3 is 2.32 bits per heavy atom. The van der Waals surface area contributed by atoms with Gasteiger partial charge in [0.25, 0.3) is 5.91 Å². The lowest BCUT2D eigenvalue weighted by Crippen LogP contribution is -2.39. The lowest BCUT2D eigenvalue weighted by molar-refractivity contribution is -0.128. The first-order valence-electron chi connectivity index (χ1n) is 6.58. The molecule has 0 unspecified atom stereocenters. The summed E-state index contributed by atoms with van der Waals surface area (Å²) in [4.78, 5) is 23.4. The van der Waals surface area contributed by atoms with Crippen molar-refractivity contribution in [2.24, 2.45) is 5.73 Å². The van der Waals surface area contributed by atoms with Crippen LogP contribution in [0, 0.1) is 0 Å². The number of primary amides is 1. The summed E-state index contributed by atoms with van der Waals surface area (Å²) in [5.74, 6) is -0.566. The number of amides is 2. The Bertz CT molecular complexity index is 644. The standard InChI is InChI=1S/C16H15ClN2O3/c17-12-6-8-13(9-7-12)22-10-14(20)19-15(16(18)21)11-4-2-1-3-5-11/h1-9,15H,10H2,(H2,18,21)(H,19,20)/t15-/m0/s1. The van der Waals surface area contributed by atoms with Crippen LogP contribution in [0.1, 0.15) is 11.6 Å². The Balaban J connectivity index is 1.94. The summed E-state index contributed by atoms with van der Waals surface area (Å²) in [5.41, 5.74) is 5.95. The van der Waals surface area contributed by atoms with Crippen LogP contribution in [0.15, 0.2) is 54.6 Å². The molecular formula is C16H15ClN2O3. The SMILES string of the molecule is NC(=O)[C@@H](NC(=O)COc1ccc(Cl)cc1)c1ccccc1. The Labute approximate surface area is 133 Å². The van der Waals surface area contributed by atoms with Gasteiger partial charge in [-0.2, -0.15) is 0 Å². The van der Waals surface area contributed by atoms with E-state index in [0.29, 0.717) is 16.3 Å². The molecule has 1 atom stereocenters. The average molecular weight is 319 g/mol. The molecule has 0 saturated carbocycles. The summed E-state index contributed by atoms with van der Waals surface area (Å²) in [6.45, 7) is -0.224. The molecule has 0 heterocycles. The van der Waals surface area contributed by atoms with Crippen LogP contribution < -0.4 is 15.8 Å². The molecule has 0 fully saturated rings. The van der Waals surface area contributed by atoms with E-state index in [1.54, 1.807) is 48.5 Å². The third kappa shape index (κ3) is 4.49. The molecule has 2 rings (SSSR count). The number of carbonyl (C=O) groups is 2. The fourth-order valence-corrected chi connectivity index (χ4v) is 1.97. The largest absolute Gasteiger partial charge is 0.484 e. The van der Waals surface area contributed by atoms with Gasteiger partial charge in [-0.3, -0.25) is 9.59 Å². The van der Waals surface area contributed by atoms with Crippen molar-refractivity contribution in [3.63, 3.8) is 0 Å². The second kappa shape index (κ2) is 7.47. The molecule has 0 saturated heterocycles. The first-order valence-corrected chi connectivity index (χ1v) is 6.96. The number of ether oxygens (including phenoxy) is 1. The molecule has 0 bridgehead atoms. The van der Waals surface area contributed by atoms with Crippen molar-refractivity contribution >= 4 is 23.4 Å². The smallest absolute Gasteiger partial charge is 0.258 e. The first-order chi connectivity index (χ1) is 10.6. The number of benzene rings is 2. The lowest BCUT2D eigenvalue weighted by atomic mass is 10.1. The summed E-state index contributed by atoms with van der Waals surface area (Å²) in [6.07, 6.45) is 0. The second-order valence-electron chi connectivity index (χ2n) is 4.56. The molecule has 2 aromatic carbocycles. The zero-order valence-corrected chi connectivity index (χ0v) is 12.4. The molecule has 22 heavy (non-hydrogen) atoms. The summed E-state index contributed by atoms with van der Waals surface area (Å²) < 4.78 is 5.32. The predicted octanol–water partition coefficient (Wildman–Crippen LogP) is 2.06. The van der Waals surface area contributed by atoms with Gasteiger partial charge in [0.2, 0.25) is 5.91 Å².